The molecule has 1 aromatic rings. The van der Waals surface area contributed by atoms with Gasteiger partial charge in [0.1, 0.15) is 5.82 Å². The van der Waals surface area contributed by atoms with Crippen molar-refractivity contribution in [2.24, 2.45) is 22.6 Å². The third-order valence-electron chi connectivity index (χ3n) is 6.14. The van der Waals surface area contributed by atoms with Gasteiger partial charge in [-0.05, 0) is 53.7 Å². The summed E-state index contributed by atoms with van der Waals surface area (Å²) in [4.78, 5) is 4.12. The van der Waals surface area contributed by atoms with Crippen molar-refractivity contribution in [3.8, 4) is 0 Å². The first-order valence-electron chi connectivity index (χ1n) is 7.50. The van der Waals surface area contributed by atoms with Gasteiger partial charge in [0.25, 0.3) is 0 Å². The van der Waals surface area contributed by atoms with Gasteiger partial charge in [-0.25, -0.2) is 10.8 Å². The highest BCUT2D eigenvalue weighted by atomic mass is 16.5. The average molecular weight is 275 g/mol. The zero-order chi connectivity index (χ0) is 14.4. The molecule has 110 valence electrons. The average Bonchev–Trinajstić information content (AvgIpc) is 2.78. The lowest BCUT2D eigenvalue weighted by Crippen LogP contribution is -2.37. The molecule has 1 heterocycles. The summed E-state index contributed by atoms with van der Waals surface area (Å²) in [6.07, 6.45) is 6.00. The second kappa shape index (κ2) is 4.71. The molecule has 0 amide bonds. The van der Waals surface area contributed by atoms with Crippen LogP contribution in [0, 0.1) is 16.7 Å². The Kier molecular flexibility index (Phi) is 3.26. The van der Waals surface area contributed by atoms with Crippen molar-refractivity contribution in [1.29, 1.82) is 0 Å². The van der Waals surface area contributed by atoms with E-state index >= 15 is 0 Å². The largest absolute Gasteiger partial charge is 0.373 e. The minimum atomic E-state index is 0.319. The number of nitrogens with zero attached hydrogens (tertiary/aromatic N) is 1. The SMILES string of the molecule is CC1(C)C2CCC1(C)C(OCc1ccnc(NN)c1)C2. The molecule has 3 atom stereocenters. The van der Waals surface area contributed by atoms with Crippen LogP contribution < -0.4 is 11.3 Å². The zero-order valence-electron chi connectivity index (χ0n) is 12.6. The second-order valence-electron chi connectivity index (χ2n) is 7.10. The van der Waals surface area contributed by atoms with Crippen LogP contribution in [0.2, 0.25) is 0 Å². The Morgan fingerprint density at radius 2 is 2.25 bits per heavy atom. The van der Waals surface area contributed by atoms with Crippen LogP contribution in [0.1, 0.15) is 45.6 Å². The first kappa shape index (κ1) is 13.8. The van der Waals surface area contributed by atoms with Gasteiger partial charge in [0.15, 0.2) is 0 Å². The molecule has 3 rings (SSSR count). The summed E-state index contributed by atoms with van der Waals surface area (Å²) in [5.41, 5.74) is 4.42. The molecule has 3 N–H and O–H groups in total. The Bertz CT molecular complexity index is 502. The number of nitrogen functional groups attached to an aromatic ring is 1. The Balaban J connectivity index is 1.68. The maximum Gasteiger partial charge on any atom is 0.140 e. The van der Waals surface area contributed by atoms with Crippen molar-refractivity contribution >= 4 is 5.82 Å². The van der Waals surface area contributed by atoms with Gasteiger partial charge in [-0.1, -0.05) is 20.8 Å². The van der Waals surface area contributed by atoms with Gasteiger partial charge < -0.3 is 10.2 Å². The number of nitrogens with two attached hydrogens (primary N) is 1. The first-order valence-corrected chi connectivity index (χ1v) is 7.50. The molecule has 2 saturated carbocycles. The summed E-state index contributed by atoms with van der Waals surface area (Å²) < 4.78 is 6.26. The van der Waals surface area contributed by atoms with Crippen molar-refractivity contribution in [2.75, 3.05) is 5.43 Å². The molecule has 2 fully saturated rings. The molecule has 4 nitrogen and oxygen atoms in total. The number of anilines is 1. The molecule has 2 bridgehead atoms. The summed E-state index contributed by atoms with van der Waals surface area (Å²) in [5.74, 6) is 6.89. The Morgan fingerprint density at radius 3 is 2.85 bits per heavy atom. The molecule has 0 aliphatic heterocycles. The van der Waals surface area contributed by atoms with Gasteiger partial charge >= 0.3 is 0 Å². The van der Waals surface area contributed by atoms with E-state index in [1.165, 1.54) is 19.3 Å². The number of aromatic nitrogens is 1. The highest BCUT2D eigenvalue weighted by Gasteiger charge is 2.61. The van der Waals surface area contributed by atoms with Gasteiger partial charge in [-0.15, -0.1) is 0 Å². The summed E-state index contributed by atoms with van der Waals surface area (Å²) >= 11 is 0. The van der Waals surface area contributed by atoms with Crippen LogP contribution in [0.5, 0.6) is 0 Å². The maximum absolute atomic E-state index is 6.26. The van der Waals surface area contributed by atoms with Gasteiger partial charge in [-0.3, -0.25) is 0 Å². The lowest BCUT2D eigenvalue weighted by molar-refractivity contribution is -0.0550. The Morgan fingerprint density at radius 1 is 1.45 bits per heavy atom. The van der Waals surface area contributed by atoms with Gasteiger partial charge in [-0.2, -0.15) is 0 Å². The molecule has 0 radical (unpaired) electrons. The van der Waals surface area contributed by atoms with Crippen LogP contribution in [0.25, 0.3) is 0 Å². The third kappa shape index (κ3) is 1.93. The monoisotopic (exact) mass is 275 g/mol. The van der Waals surface area contributed by atoms with Crippen LogP contribution in [0.4, 0.5) is 5.82 Å². The summed E-state index contributed by atoms with van der Waals surface area (Å²) in [6, 6.07) is 3.93. The van der Waals surface area contributed by atoms with E-state index in [4.69, 9.17) is 10.6 Å². The van der Waals surface area contributed by atoms with Gasteiger partial charge in [0.2, 0.25) is 0 Å². The van der Waals surface area contributed by atoms with Crippen molar-refractivity contribution in [2.45, 2.75) is 52.7 Å². The van der Waals surface area contributed by atoms with Gasteiger partial charge in [0, 0.05) is 6.20 Å². The molecule has 0 saturated heterocycles. The summed E-state index contributed by atoms with van der Waals surface area (Å²) in [6.45, 7) is 7.87. The van der Waals surface area contributed by atoms with Gasteiger partial charge in [0.05, 0.1) is 12.7 Å². The van der Waals surface area contributed by atoms with Crippen molar-refractivity contribution < 1.29 is 4.74 Å². The van der Waals surface area contributed by atoms with Crippen LogP contribution in [-0.4, -0.2) is 11.1 Å². The van der Waals surface area contributed by atoms with E-state index < -0.39 is 0 Å². The zero-order valence-corrected chi connectivity index (χ0v) is 12.6. The number of fused-ring (bicyclic) bond motifs is 2. The standard InChI is InChI=1S/C16H25N3O/c1-15(2)12-4-6-16(15,3)13(9-12)20-10-11-5-7-18-14(8-11)19-17/h5,7-8,12-13H,4,6,9-10,17H2,1-3H3,(H,18,19). The normalized spacial score (nSPS) is 34.4. The van der Waals surface area contributed by atoms with E-state index in [1.807, 2.05) is 12.1 Å². The molecular weight excluding hydrogens is 250 g/mol. The van der Waals surface area contributed by atoms with E-state index in [0.717, 1.165) is 11.5 Å². The lowest BCUT2D eigenvalue weighted by Gasteiger charge is -2.38. The number of pyridine rings is 1. The van der Waals surface area contributed by atoms with Crippen LogP contribution in [0.3, 0.4) is 0 Å². The minimum Gasteiger partial charge on any atom is -0.373 e. The lowest BCUT2D eigenvalue weighted by atomic mass is 9.70. The number of hydrogen-bond donors (Lipinski definition) is 2. The predicted octanol–water partition coefficient (Wildman–Crippen LogP) is 3.10. The summed E-state index contributed by atoms with van der Waals surface area (Å²) in [5, 5.41) is 0. The van der Waals surface area contributed by atoms with Crippen molar-refractivity contribution in [3.05, 3.63) is 23.9 Å². The topological polar surface area (TPSA) is 60.2 Å². The second-order valence-corrected chi connectivity index (χ2v) is 7.10. The maximum atomic E-state index is 6.26. The molecule has 0 aromatic carbocycles. The molecule has 2 aliphatic rings. The first-order chi connectivity index (χ1) is 9.47. The van der Waals surface area contributed by atoms with Crippen LogP contribution in [0.15, 0.2) is 18.3 Å². The quantitative estimate of drug-likeness (QED) is 0.655. The number of hydrogen-bond acceptors (Lipinski definition) is 4. The Labute approximate surface area is 121 Å². The Hall–Kier alpha value is -1.13. The van der Waals surface area contributed by atoms with Crippen LogP contribution >= 0.6 is 0 Å². The molecule has 0 spiro atoms. The molecule has 1 aromatic heterocycles. The van der Waals surface area contributed by atoms with Crippen molar-refractivity contribution in [3.63, 3.8) is 0 Å². The fraction of sp³-hybridized carbons (Fsp3) is 0.688. The van der Waals surface area contributed by atoms with Crippen LogP contribution in [-0.2, 0) is 11.3 Å². The van der Waals surface area contributed by atoms with E-state index in [0.29, 0.717) is 29.4 Å². The number of nitrogens with one attached hydrogen (secondary N) is 1. The smallest absolute Gasteiger partial charge is 0.140 e. The third-order valence-corrected chi connectivity index (χ3v) is 6.14. The summed E-state index contributed by atoms with van der Waals surface area (Å²) in [7, 11) is 0. The molecule has 2 aliphatic carbocycles. The molecule has 3 unspecified atom stereocenters. The van der Waals surface area contributed by atoms with E-state index in [2.05, 4.69) is 31.2 Å². The number of hydrazine groups is 1. The van der Waals surface area contributed by atoms with E-state index in [-0.39, 0.29) is 0 Å². The molecular formula is C16H25N3O. The highest BCUT2D eigenvalue weighted by molar-refractivity contribution is 5.35. The fourth-order valence-electron chi connectivity index (χ4n) is 4.22. The number of ether oxygens (including phenoxy) is 1. The molecule has 4 heteroatoms. The van der Waals surface area contributed by atoms with Crippen molar-refractivity contribution in [1.82, 2.24) is 4.98 Å². The molecule has 20 heavy (non-hydrogen) atoms. The van der Waals surface area contributed by atoms with E-state index in [9.17, 15) is 0 Å². The fourth-order valence-corrected chi connectivity index (χ4v) is 4.22. The highest BCUT2D eigenvalue weighted by Crippen LogP contribution is 2.66. The van der Waals surface area contributed by atoms with E-state index in [1.54, 1.807) is 6.20 Å². The number of rotatable bonds is 4. The predicted molar refractivity (Wildman–Crippen MR) is 79.9 cm³/mol. The minimum absolute atomic E-state index is 0.319.